The zero-order valence-electron chi connectivity index (χ0n) is 8.47. The van der Waals surface area contributed by atoms with E-state index in [0.29, 0.717) is 10.6 Å². The number of aryl methyl sites for hydroxylation is 1. The van der Waals surface area contributed by atoms with Crippen LogP contribution in [0.25, 0.3) is 0 Å². The van der Waals surface area contributed by atoms with Gasteiger partial charge in [0.25, 0.3) is 5.91 Å². The number of nitrogen functional groups attached to an aromatic ring is 1. The largest absolute Gasteiger partial charge is 0.382 e. The van der Waals surface area contributed by atoms with Crippen LogP contribution in [0, 0.1) is 18.3 Å². The molecule has 2 heterocycles. The molecule has 2 rings (SSSR count). The first-order chi connectivity index (χ1) is 7.65. The van der Waals surface area contributed by atoms with Crippen LogP contribution in [0.1, 0.15) is 20.9 Å². The molecule has 2 aromatic heterocycles. The monoisotopic (exact) mass is 232 g/mol. The van der Waals surface area contributed by atoms with Crippen molar-refractivity contribution in [3.63, 3.8) is 0 Å². The van der Waals surface area contributed by atoms with Gasteiger partial charge in [-0.25, -0.2) is 0 Å². The van der Waals surface area contributed by atoms with Gasteiger partial charge in [0.15, 0.2) is 0 Å². The molecule has 0 amide bonds. The number of hydrogen-bond acceptors (Lipinski definition) is 5. The highest BCUT2D eigenvalue weighted by Gasteiger charge is 2.18. The minimum absolute atomic E-state index is 0.0957. The maximum atomic E-state index is 11.9. The van der Waals surface area contributed by atoms with E-state index in [1.54, 1.807) is 24.4 Å². The van der Waals surface area contributed by atoms with E-state index in [4.69, 9.17) is 11.0 Å². The summed E-state index contributed by atoms with van der Waals surface area (Å²) >= 11 is 1.31. The minimum atomic E-state index is -0.308. The van der Waals surface area contributed by atoms with Gasteiger partial charge in [-0.2, -0.15) is 15.0 Å². The number of carbonyl (C=O) groups is 1. The van der Waals surface area contributed by atoms with Gasteiger partial charge in [0.1, 0.15) is 17.5 Å². The van der Waals surface area contributed by atoms with Crippen molar-refractivity contribution in [3.8, 4) is 6.07 Å². The molecule has 5 nitrogen and oxygen atoms in total. The predicted molar refractivity (Wildman–Crippen MR) is 60.1 cm³/mol. The third-order valence-electron chi connectivity index (χ3n) is 2.13. The Labute approximate surface area is 95.7 Å². The molecule has 0 aliphatic rings. The summed E-state index contributed by atoms with van der Waals surface area (Å²) in [7, 11) is 0. The number of aromatic nitrogens is 2. The number of anilines is 1. The van der Waals surface area contributed by atoms with E-state index in [9.17, 15) is 4.79 Å². The van der Waals surface area contributed by atoms with Gasteiger partial charge in [-0.05, 0) is 18.4 Å². The number of nitrogens with zero attached hydrogens (tertiary/aromatic N) is 3. The maximum Gasteiger partial charge on any atom is 0.290 e. The lowest BCUT2D eigenvalue weighted by Gasteiger charge is -1.99. The zero-order valence-corrected chi connectivity index (χ0v) is 9.28. The Kier molecular flexibility index (Phi) is 2.46. The van der Waals surface area contributed by atoms with Crippen LogP contribution in [-0.2, 0) is 0 Å². The Morgan fingerprint density at radius 2 is 2.44 bits per heavy atom. The van der Waals surface area contributed by atoms with Crippen molar-refractivity contribution >= 4 is 23.1 Å². The first-order valence-electron chi connectivity index (χ1n) is 4.48. The summed E-state index contributed by atoms with van der Waals surface area (Å²) in [5.74, 6) is -0.212. The van der Waals surface area contributed by atoms with E-state index in [0.717, 1.165) is 4.68 Å². The fourth-order valence-electron chi connectivity index (χ4n) is 1.34. The zero-order chi connectivity index (χ0) is 11.7. The number of rotatable bonds is 1. The van der Waals surface area contributed by atoms with Crippen molar-refractivity contribution in [1.82, 2.24) is 9.78 Å². The van der Waals surface area contributed by atoms with E-state index in [2.05, 4.69) is 5.10 Å². The molecule has 0 unspecified atom stereocenters. The molecule has 0 atom stereocenters. The SMILES string of the molecule is Cc1nn(C(=O)c2cccs2)c(N)c1C#N. The van der Waals surface area contributed by atoms with Gasteiger partial charge in [0.05, 0.1) is 10.6 Å². The van der Waals surface area contributed by atoms with Crippen LogP contribution < -0.4 is 5.73 Å². The van der Waals surface area contributed by atoms with Crippen molar-refractivity contribution in [2.75, 3.05) is 5.73 Å². The van der Waals surface area contributed by atoms with Gasteiger partial charge in [0.2, 0.25) is 0 Å². The average molecular weight is 232 g/mol. The summed E-state index contributed by atoms with van der Waals surface area (Å²) in [6.07, 6.45) is 0. The van der Waals surface area contributed by atoms with E-state index in [1.165, 1.54) is 11.3 Å². The summed E-state index contributed by atoms with van der Waals surface area (Å²) in [4.78, 5) is 12.5. The number of hydrogen-bond donors (Lipinski definition) is 1. The number of nitriles is 1. The Bertz CT molecular complexity index is 577. The number of carbonyl (C=O) groups excluding carboxylic acids is 1. The summed E-state index contributed by atoms with van der Waals surface area (Å²) in [5.41, 5.74) is 6.40. The van der Waals surface area contributed by atoms with Crippen molar-refractivity contribution in [2.24, 2.45) is 0 Å². The Balaban J connectivity index is 2.51. The maximum absolute atomic E-state index is 11.9. The Hall–Kier alpha value is -2.13. The molecule has 0 bridgehead atoms. The van der Waals surface area contributed by atoms with Gasteiger partial charge in [-0.1, -0.05) is 6.07 Å². The van der Waals surface area contributed by atoms with E-state index in [1.807, 2.05) is 6.07 Å². The van der Waals surface area contributed by atoms with E-state index in [-0.39, 0.29) is 17.3 Å². The molecular formula is C10H8N4OS. The normalized spacial score (nSPS) is 10.0. The molecule has 0 fully saturated rings. The molecule has 2 aromatic rings. The molecule has 0 aromatic carbocycles. The molecule has 80 valence electrons. The molecule has 0 aliphatic heterocycles. The van der Waals surface area contributed by atoms with Crippen molar-refractivity contribution in [2.45, 2.75) is 6.92 Å². The topological polar surface area (TPSA) is 84.7 Å². The Morgan fingerprint density at radius 1 is 1.69 bits per heavy atom. The third-order valence-corrected chi connectivity index (χ3v) is 2.99. The van der Waals surface area contributed by atoms with Crippen LogP contribution in [0.2, 0.25) is 0 Å². The third kappa shape index (κ3) is 1.47. The van der Waals surface area contributed by atoms with E-state index < -0.39 is 0 Å². The first kappa shape index (κ1) is 10.4. The lowest BCUT2D eigenvalue weighted by atomic mass is 10.3. The van der Waals surface area contributed by atoms with Gasteiger partial charge in [-0.3, -0.25) is 4.79 Å². The fraction of sp³-hybridized carbons (Fsp3) is 0.100. The summed E-state index contributed by atoms with van der Waals surface area (Å²) in [6.45, 7) is 1.65. The minimum Gasteiger partial charge on any atom is -0.382 e. The molecule has 0 aliphatic carbocycles. The molecular weight excluding hydrogens is 224 g/mol. The van der Waals surface area contributed by atoms with Gasteiger partial charge < -0.3 is 5.73 Å². The van der Waals surface area contributed by atoms with Crippen molar-refractivity contribution < 1.29 is 4.79 Å². The van der Waals surface area contributed by atoms with Crippen molar-refractivity contribution in [3.05, 3.63) is 33.6 Å². The van der Waals surface area contributed by atoms with E-state index >= 15 is 0 Å². The Morgan fingerprint density at radius 3 is 2.94 bits per heavy atom. The smallest absolute Gasteiger partial charge is 0.290 e. The molecule has 0 spiro atoms. The lowest BCUT2D eigenvalue weighted by Crippen LogP contribution is -2.15. The van der Waals surface area contributed by atoms with Crippen LogP contribution in [-0.4, -0.2) is 15.7 Å². The van der Waals surface area contributed by atoms with Crippen LogP contribution in [0.3, 0.4) is 0 Å². The van der Waals surface area contributed by atoms with Gasteiger partial charge in [-0.15, -0.1) is 11.3 Å². The van der Waals surface area contributed by atoms with Crippen LogP contribution in [0.15, 0.2) is 17.5 Å². The van der Waals surface area contributed by atoms with Gasteiger partial charge in [0, 0.05) is 0 Å². The fourth-order valence-corrected chi connectivity index (χ4v) is 1.99. The second-order valence-corrected chi connectivity index (χ2v) is 4.10. The van der Waals surface area contributed by atoms with Crippen LogP contribution in [0.4, 0.5) is 5.82 Å². The average Bonchev–Trinajstić information content (AvgIpc) is 2.86. The highest BCUT2D eigenvalue weighted by Crippen LogP contribution is 2.18. The van der Waals surface area contributed by atoms with Crippen LogP contribution in [0.5, 0.6) is 0 Å². The van der Waals surface area contributed by atoms with Gasteiger partial charge >= 0.3 is 0 Å². The first-order valence-corrected chi connectivity index (χ1v) is 5.36. The highest BCUT2D eigenvalue weighted by molar-refractivity contribution is 7.12. The molecule has 0 radical (unpaired) electrons. The molecule has 0 saturated carbocycles. The number of thiophene rings is 1. The second-order valence-electron chi connectivity index (χ2n) is 3.15. The van der Waals surface area contributed by atoms with Crippen molar-refractivity contribution in [1.29, 1.82) is 5.26 Å². The lowest BCUT2D eigenvalue weighted by molar-refractivity contribution is 0.0951. The molecule has 0 saturated heterocycles. The number of nitrogens with two attached hydrogens (primary N) is 1. The highest BCUT2D eigenvalue weighted by atomic mass is 32.1. The molecule has 6 heteroatoms. The second kappa shape index (κ2) is 3.79. The molecule has 16 heavy (non-hydrogen) atoms. The summed E-state index contributed by atoms with van der Waals surface area (Å²) in [6, 6.07) is 5.39. The van der Waals surface area contributed by atoms with Crippen LogP contribution >= 0.6 is 11.3 Å². The summed E-state index contributed by atoms with van der Waals surface area (Å²) < 4.78 is 1.07. The molecule has 2 N–H and O–H groups in total. The quantitative estimate of drug-likeness (QED) is 0.805. The standard InChI is InChI=1S/C10H8N4OS/c1-6-7(5-11)9(12)14(13-6)10(15)8-3-2-4-16-8/h2-4H,12H2,1H3. The predicted octanol–water partition coefficient (Wildman–Crippen LogP) is 1.40. The summed E-state index contributed by atoms with van der Waals surface area (Å²) in [5, 5.41) is 14.6.